The first-order valence-electron chi connectivity index (χ1n) is 7.30. The number of phenols is 2. The van der Waals surface area contributed by atoms with Gasteiger partial charge in [-0.1, -0.05) is 18.2 Å². The largest absolute Gasteiger partial charge is 0.506 e. The number of nitrogens with zero attached hydrogens (tertiary/aromatic N) is 3. The molecular weight excluding hydrogens is 378 g/mol. The van der Waals surface area contributed by atoms with Crippen LogP contribution >= 0.6 is 0 Å². The molecule has 0 saturated carbocycles. The van der Waals surface area contributed by atoms with E-state index in [0.29, 0.717) is 0 Å². The SMILES string of the molecule is O=[N+]([O-])c1ccc(O)c(N=Nc2ccc3c(S(=O)(=O)O)cccc3c2O)c1. The minimum atomic E-state index is -4.49. The second-order valence-electron chi connectivity index (χ2n) is 5.39. The Morgan fingerprint density at radius 1 is 0.926 bits per heavy atom. The van der Waals surface area contributed by atoms with Crippen LogP contribution in [0.2, 0.25) is 0 Å². The first-order valence-corrected chi connectivity index (χ1v) is 8.74. The van der Waals surface area contributed by atoms with Gasteiger partial charge in [0.2, 0.25) is 0 Å². The summed E-state index contributed by atoms with van der Waals surface area (Å²) < 4.78 is 32.1. The van der Waals surface area contributed by atoms with E-state index in [1.807, 2.05) is 0 Å². The van der Waals surface area contributed by atoms with E-state index >= 15 is 0 Å². The Hall–Kier alpha value is -3.57. The molecular formula is C16H11N3O7S. The number of phenolic OH excluding ortho intramolecular Hbond substituents is 2. The van der Waals surface area contributed by atoms with Crippen LogP contribution < -0.4 is 0 Å². The van der Waals surface area contributed by atoms with Gasteiger partial charge in [-0.15, -0.1) is 10.2 Å². The molecule has 0 unspecified atom stereocenters. The first-order chi connectivity index (χ1) is 12.7. The number of nitro groups is 1. The van der Waals surface area contributed by atoms with Crippen molar-refractivity contribution in [2.75, 3.05) is 0 Å². The summed E-state index contributed by atoms with van der Waals surface area (Å²) in [5.74, 6) is -0.759. The van der Waals surface area contributed by atoms with Crippen LogP contribution in [0.1, 0.15) is 0 Å². The molecule has 0 aliphatic rings. The zero-order valence-electron chi connectivity index (χ0n) is 13.3. The third-order valence-corrected chi connectivity index (χ3v) is 4.60. The maximum atomic E-state index is 11.4. The van der Waals surface area contributed by atoms with E-state index in [2.05, 4.69) is 10.2 Å². The summed E-state index contributed by atoms with van der Waals surface area (Å²) >= 11 is 0. The standard InChI is InChI=1S/C16H11N3O7S/c20-14-7-4-9(19(22)23)8-13(14)18-17-12-6-5-10-11(16(12)21)2-1-3-15(10)27(24,25)26/h1-8,20-21H,(H,24,25,26). The zero-order chi connectivity index (χ0) is 19.8. The maximum Gasteiger partial charge on any atom is 0.295 e. The number of rotatable bonds is 4. The van der Waals surface area contributed by atoms with Gasteiger partial charge in [0.05, 0.1) is 4.92 Å². The second-order valence-corrected chi connectivity index (χ2v) is 6.78. The highest BCUT2D eigenvalue weighted by molar-refractivity contribution is 7.86. The molecule has 0 bridgehead atoms. The number of aromatic hydroxyl groups is 2. The third-order valence-electron chi connectivity index (χ3n) is 3.68. The molecule has 0 amide bonds. The van der Waals surface area contributed by atoms with E-state index in [4.69, 9.17) is 0 Å². The van der Waals surface area contributed by atoms with Gasteiger partial charge >= 0.3 is 0 Å². The minimum Gasteiger partial charge on any atom is -0.506 e. The molecule has 0 saturated heterocycles. The smallest absolute Gasteiger partial charge is 0.295 e. The fraction of sp³-hybridized carbons (Fsp3) is 0. The molecule has 3 N–H and O–H groups in total. The summed E-state index contributed by atoms with van der Waals surface area (Å²) in [5, 5.41) is 38.5. The van der Waals surface area contributed by atoms with Gasteiger partial charge in [-0.2, -0.15) is 8.42 Å². The van der Waals surface area contributed by atoms with Crippen LogP contribution in [-0.4, -0.2) is 28.1 Å². The normalized spacial score (nSPS) is 11.9. The van der Waals surface area contributed by atoms with Crippen LogP contribution in [0, 0.1) is 10.1 Å². The number of azo groups is 1. The molecule has 0 spiro atoms. The predicted molar refractivity (Wildman–Crippen MR) is 94.4 cm³/mol. The Kier molecular flexibility index (Phi) is 4.47. The molecule has 0 fully saturated rings. The molecule has 0 aromatic heterocycles. The second kappa shape index (κ2) is 6.63. The van der Waals surface area contributed by atoms with E-state index in [9.17, 15) is 33.3 Å². The highest BCUT2D eigenvalue weighted by Gasteiger charge is 2.17. The van der Waals surface area contributed by atoms with Gasteiger partial charge in [-0.3, -0.25) is 14.7 Å². The highest BCUT2D eigenvalue weighted by atomic mass is 32.2. The fourth-order valence-corrected chi connectivity index (χ4v) is 3.13. The van der Waals surface area contributed by atoms with Crippen molar-refractivity contribution in [3.8, 4) is 11.5 Å². The molecule has 0 atom stereocenters. The van der Waals surface area contributed by atoms with Crippen molar-refractivity contribution < 1.29 is 28.1 Å². The zero-order valence-corrected chi connectivity index (χ0v) is 14.2. The van der Waals surface area contributed by atoms with Crippen molar-refractivity contribution in [3.05, 3.63) is 58.6 Å². The van der Waals surface area contributed by atoms with Gasteiger partial charge in [-0.05, 0) is 18.2 Å². The van der Waals surface area contributed by atoms with Gasteiger partial charge in [0.15, 0.2) is 5.75 Å². The summed E-state index contributed by atoms with van der Waals surface area (Å²) in [5.41, 5.74) is -0.557. The number of fused-ring (bicyclic) bond motifs is 1. The van der Waals surface area contributed by atoms with Crippen molar-refractivity contribution in [3.63, 3.8) is 0 Å². The van der Waals surface area contributed by atoms with E-state index < -0.39 is 20.8 Å². The lowest BCUT2D eigenvalue weighted by Gasteiger charge is -2.07. The summed E-state index contributed by atoms with van der Waals surface area (Å²) in [6.07, 6.45) is 0. The van der Waals surface area contributed by atoms with Crippen molar-refractivity contribution in [1.29, 1.82) is 0 Å². The lowest BCUT2D eigenvalue weighted by atomic mass is 10.1. The van der Waals surface area contributed by atoms with E-state index in [1.165, 1.54) is 30.3 Å². The van der Waals surface area contributed by atoms with Crippen LogP contribution in [0.4, 0.5) is 17.1 Å². The van der Waals surface area contributed by atoms with Crippen molar-refractivity contribution >= 4 is 38.0 Å². The molecule has 27 heavy (non-hydrogen) atoms. The first kappa shape index (κ1) is 18.2. The Balaban J connectivity index is 2.09. The molecule has 0 aliphatic heterocycles. The Morgan fingerprint density at radius 3 is 2.30 bits per heavy atom. The highest BCUT2D eigenvalue weighted by Crippen LogP contribution is 2.39. The van der Waals surface area contributed by atoms with Gasteiger partial charge in [0, 0.05) is 22.9 Å². The van der Waals surface area contributed by atoms with E-state index in [0.717, 1.165) is 18.2 Å². The summed E-state index contributed by atoms with van der Waals surface area (Å²) in [6.45, 7) is 0. The average Bonchev–Trinajstić information content (AvgIpc) is 2.61. The molecule has 10 nitrogen and oxygen atoms in total. The molecule has 0 aliphatic carbocycles. The number of non-ortho nitro benzene ring substituents is 1. The molecule has 3 rings (SSSR count). The van der Waals surface area contributed by atoms with Crippen LogP contribution in [0.5, 0.6) is 11.5 Å². The number of hydrogen-bond acceptors (Lipinski definition) is 8. The van der Waals surface area contributed by atoms with Gasteiger partial charge < -0.3 is 10.2 Å². The number of nitro benzene ring substituents is 1. The molecule has 3 aromatic carbocycles. The van der Waals surface area contributed by atoms with E-state index in [-0.39, 0.29) is 38.5 Å². The summed E-state index contributed by atoms with van der Waals surface area (Å²) in [6, 6.07) is 9.70. The predicted octanol–water partition coefficient (Wildman–Crippen LogP) is 3.82. The van der Waals surface area contributed by atoms with Crippen LogP contribution in [-0.2, 0) is 10.1 Å². The molecule has 0 radical (unpaired) electrons. The number of hydrogen-bond donors (Lipinski definition) is 3. The van der Waals surface area contributed by atoms with Crippen LogP contribution in [0.15, 0.2) is 63.7 Å². The summed E-state index contributed by atoms with van der Waals surface area (Å²) in [4.78, 5) is 9.75. The molecule has 0 heterocycles. The molecule has 3 aromatic rings. The fourth-order valence-electron chi connectivity index (χ4n) is 2.42. The van der Waals surface area contributed by atoms with Crippen molar-refractivity contribution in [2.24, 2.45) is 10.2 Å². The van der Waals surface area contributed by atoms with Crippen molar-refractivity contribution in [2.45, 2.75) is 4.90 Å². The van der Waals surface area contributed by atoms with Gasteiger partial charge in [-0.25, -0.2) is 0 Å². The minimum absolute atomic E-state index is 0.0686. The molecule has 11 heteroatoms. The third kappa shape index (κ3) is 3.54. The van der Waals surface area contributed by atoms with E-state index in [1.54, 1.807) is 0 Å². The quantitative estimate of drug-likeness (QED) is 0.264. The lowest BCUT2D eigenvalue weighted by molar-refractivity contribution is -0.384. The molecule has 138 valence electrons. The van der Waals surface area contributed by atoms with Crippen molar-refractivity contribution in [1.82, 2.24) is 0 Å². The van der Waals surface area contributed by atoms with Crippen LogP contribution in [0.3, 0.4) is 0 Å². The lowest BCUT2D eigenvalue weighted by Crippen LogP contribution is -1.98. The van der Waals surface area contributed by atoms with Crippen LogP contribution in [0.25, 0.3) is 10.8 Å². The van der Waals surface area contributed by atoms with Gasteiger partial charge in [0.25, 0.3) is 15.8 Å². The van der Waals surface area contributed by atoms with Gasteiger partial charge in [0.1, 0.15) is 22.0 Å². The summed E-state index contributed by atoms with van der Waals surface area (Å²) in [7, 11) is -4.49. The average molecular weight is 389 g/mol. The number of benzene rings is 3. The Morgan fingerprint density at radius 2 is 1.63 bits per heavy atom. The maximum absolute atomic E-state index is 11.4. The Labute approximate surface area is 151 Å². The monoisotopic (exact) mass is 389 g/mol. The Bertz CT molecular complexity index is 1210. The topological polar surface area (TPSA) is 163 Å².